The first-order chi connectivity index (χ1) is 14.4. The van der Waals surface area contributed by atoms with Crippen molar-refractivity contribution >= 4 is 16.9 Å². The van der Waals surface area contributed by atoms with E-state index in [1.165, 1.54) is 28.8 Å². The van der Waals surface area contributed by atoms with Gasteiger partial charge < -0.3 is 15.0 Å². The fraction of sp³-hybridized carbons (Fsp3) is 0.136. The van der Waals surface area contributed by atoms with Gasteiger partial charge in [-0.05, 0) is 55.0 Å². The fourth-order valence-electron chi connectivity index (χ4n) is 3.07. The van der Waals surface area contributed by atoms with Gasteiger partial charge in [0.2, 0.25) is 5.88 Å². The van der Waals surface area contributed by atoms with Crippen molar-refractivity contribution in [1.82, 2.24) is 19.9 Å². The zero-order chi connectivity index (χ0) is 21.3. The molecular formula is C22H19FN4O3. The predicted octanol–water partition coefficient (Wildman–Crippen LogP) is 3.68. The lowest BCUT2D eigenvalue weighted by atomic mass is 10.1. The fourth-order valence-corrected chi connectivity index (χ4v) is 3.07. The highest BCUT2D eigenvalue weighted by Gasteiger charge is 2.14. The van der Waals surface area contributed by atoms with E-state index in [1.807, 2.05) is 6.92 Å². The highest BCUT2D eigenvalue weighted by molar-refractivity contribution is 5.97. The van der Waals surface area contributed by atoms with Gasteiger partial charge >= 0.3 is 5.69 Å². The van der Waals surface area contributed by atoms with Gasteiger partial charge in [-0.25, -0.2) is 14.2 Å². The van der Waals surface area contributed by atoms with Crippen LogP contribution in [-0.2, 0) is 7.05 Å². The Morgan fingerprint density at radius 2 is 1.93 bits per heavy atom. The second-order valence-corrected chi connectivity index (χ2v) is 6.90. The van der Waals surface area contributed by atoms with E-state index in [4.69, 9.17) is 4.74 Å². The van der Waals surface area contributed by atoms with Crippen LogP contribution in [0.5, 0.6) is 11.6 Å². The molecule has 0 saturated carbocycles. The highest BCUT2D eigenvalue weighted by Crippen LogP contribution is 2.21. The lowest BCUT2D eigenvalue weighted by molar-refractivity contribution is 0.0940. The summed E-state index contributed by atoms with van der Waals surface area (Å²) in [5.41, 5.74) is 2.34. The maximum absolute atomic E-state index is 13.0. The number of halogens is 1. The Hall–Kier alpha value is -3.94. The molecule has 4 rings (SSSR count). The van der Waals surface area contributed by atoms with Gasteiger partial charge in [-0.3, -0.25) is 9.36 Å². The van der Waals surface area contributed by atoms with Crippen LogP contribution in [0.15, 0.2) is 65.6 Å². The average molecular weight is 406 g/mol. The van der Waals surface area contributed by atoms with Crippen molar-refractivity contribution in [2.45, 2.75) is 13.0 Å². The number of nitrogens with zero attached hydrogens (tertiary/aromatic N) is 2. The van der Waals surface area contributed by atoms with Crippen LogP contribution in [0.4, 0.5) is 4.39 Å². The number of nitrogens with one attached hydrogen (secondary N) is 2. The average Bonchev–Trinajstić information content (AvgIpc) is 3.03. The summed E-state index contributed by atoms with van der Waals surface area (Å²) in [7, 11) is 1.67. The van der Waals surface area contributed by atoms with Gasteiger partial charge in [0.15, 0.2) is 0 Å². The minimum atomic E-state index is -0.340. The summed E-state index contributed by atoms with van der Waals surface area (Å²) in [5.74, 6) is 0.239. The molecule has 1 unspecified atom stereocenters. The van der Waals surface area contributed by atoms with E-state index in [1.54, 1.807) is 43.6 Å². The molecule has 4 aromatic rings. The minimum absolute atomic E-state index is 0.232. The van der Waals surface area contributed by atoms with Crippen LogP contribution in [0.1, 0.15) is 28.9 Å². The molecular weight excluding hydrogens is 387 g/mol. The summed E-state index contributed by atoms with van der Waals surface area (Å²) < 4.78 is 20.0. The number of aromatic amines is 1. The van der Waals surface area contributed by atoms with E-state index in [0.29, 0.717) is 22.7 Å². The number of carbonyl (C=O) groups is 1. The predicted molar refractivity (Wildman–Crippen MR) is 110 cm³/mol. The standard InChI is InChI=1S/C22H19FN4O3/c1-13(15-4-10-20(24-12-15)30-17-7-5-16(23)6-8-17)25-21(28)14-3-9-19-18(11-14)26-22(29)27(19)2/h3-13H,1-2H3,(H,25,28)(H,26,29). The Bertz CT molecular complexity index is 1260. The normalized spacial score (nSPS) is 12.0. The Labute approximate surface area is 171 Å². The van der Waals surface area contributed by atoms with Crippen LogP contribution in [0.25, 0.3) is 11.0 Å². The largest absolute Gasteiger partial charge is 0.439 e. The number of hydrogen-bond donors (Lipinski definition) is 2. The molecule has 2 heterocycles. The molecule has 1 atom stereocenters. The van der Waals surface area contributed by atoms with Crippen LogP contribution in [0.2, 0.25) is 0 Å². The first kappa shape index (κ1) is 19.4. The number of H-pyrrole nitrogens is 1. The van der Waals surface area contributed by atoms with Gasteiger partial charge in [0, 0.05) is 24.9 Å². The summed E-state index contributed by atoms with van der Waals surface area (Å²) in [4.78, 5) is 31.3. The number of hydrogen-bond acceptors (Lipinski definition) is 4. The van der Waals surface area contributed by atoms with Crippen LogP contribution in [0, 0.1) is 5.82 Å². The highest BCUT2D eigenvalue weighted by atomic mass is 19.1. The molecule has 2 aromatic heterocycles. The summed E-state index contributed by atoms with van der Waals surface area (Å²) in [6.07, 6.45) is 1.61. The van der Waals surface area contributed by atoms with Crippen molar-refractivity contribution in [3.8, 4) is 11.6 Å². The molecule has 7 nitrogen and oxygen atoms in total. The van der Waals surface area contributed by atoms with E-state index in [2.05, 4.69) is 15.3 Å². The Balaban J connectivity index is 1.44. The summed E-state index contributed by atoms with van der Waals surface area (Å²) in [6, 6.07) is 13.9. The van der Waals surface area contributed by atoms with Crippen molar-refractivity contribution in [2.75, 3.05) is 0 Å². The smallest absolute Gasteiger partial charge is 0.326 e. The van der Waals surface area contributed by atoms with Crippen molar-refractivity contribution in [2.24, 2.45) is 7.05 Å². The molecule has 0 aliphatic carbocycles. The second-order valence-electron chi connectivity index (χ2n) is 6.90. The summed E-state index contributed by atoms with van der Waals surface area (Å²) >= 11 is 0. The molecule has 152 valence electrons. The number of amides is 1. The van der Waals surface area contributed by atoms with Crippen LogP contribution in [0.3, 0.4) is 0 Å². The molecule has 0 fully saturated rings. The molecule has 8 heteroatoms. The van der Waals surface area contributed by atoms with Crippen molar-refractivity contribution in [3.05, 3.63) is 88.2 Å². The molecule has 2 N–H and O–H groups in total. The first-order valence-electron chi connectivity index (χ1n) is 9.30. The van der Waals surface area contributed by atoms with Gasteiger partial charge in [-0.1, -0.05) is 6.07 Å². The van der Waals surface area contributed by atoms with Crippen LogP contribution < -0.4 is 15.7 Å². The van der Waals surface area contributed by atoms with E-state index in [0.717, 1.165) is 11.1 Å². The Kier molecular flexibility index (Phi) is 5.05. The van der Waals surface area contributed by atoms with Crippen LogP contribution in [-0.4, -0.2) is 20.4 Å². The third-order valence-corrected chi connectivity index (χ3v) is 4.81. The van der Waals surface area contributed by atoms with Crippen LogP contribution >= 0.6 is 0 Å². The molecule has 0 bridgehead atoms. The lowest BCUT2D eigenvalue weighted by Crippen LogP contribution is -2.26. The number of aryl methyl sites for hydroxylation is 1. The zero-order valence-corrected chi connectivity index (χ0v) is 16.3. The Morgan fingerprint density at radius 1 is 1.17 bits per heavy atom. The van der Waals surface area contributed by atoms with Gasteiger partial charge in [-0.2, -0.15) is 0 Å². The lowest BCUT2D eigenvalue weighted by Gasteiger charge is -2.14. The Morgan fingerprint density at radius 3 is 2.63 bits per heavy atom. The molecule has 0 saturated heterocycles. The topological polar surface area (TPSA) is 89.0 Å². The quantitative estimate of drug-likeness (QED) is 0.529. The number of pyridine rings is 1. The van der Waals surface area contributed by atoms with E-state index in [9.17, 15) is 14.0 Å². The van der Waals surface area contributed by atoms with Gasteiger partial charge in [0.25, 0.3) is 5.91 Å². The maximum Gasteiger partial charge on any atom is 0.326 e. The third-order valence-electron chi connectivity index (χ3n) is 4.81. The molecule has 0 aliphatic rings. The molecule has 0 aliphatic heterocycles. The first-order valence-corrected chi connectivity index (χ1v) is 9.30. The number of rotatable bonds is 5. The van der Waals surface area contributed by atoms with Crippen molar-refractivity contribution in [3.63, 3.8) is 0 Å². The van der Waals surface area contributed by atoms with E-state index < -0.39 is 0 Å². The SMILES string of the molecule is CC(NC(=O)c1ccc2c(c1)[nH]c(=O)n2C)c1ccc(Oc2ccc(F)cc2)nc1. The van der Waals surface area contributed by atoms with Gasteiger partial charge in [-0.15, -0.1) is 0 Å². The number of ether oxygens (including phenoxy) is 1. The molecule has 0 spiro atoms. The molecule has 1 amide bonds. The van der Waals surface area contributed by atoms with Gasteiger partial charge in [0.05, 0.1) is 17.1 Å². The third kappa shape index (κ3) is 3.93. The molecule has 0 radical (unpaired) electrons. The second kappa shape index (κ2) is 7.82. The van der Waals surface area contributed by atoms with E-state index in [-0.39, 0.29) is 23.5 Å². The van der Waals surface area contributed by atoms with Crippen molar-refractivity contribution in [1.29, 1.82) is 0 Å². The molecule has 2 aromatic carbocycles. The minimum Gasteiger partial charge on any atom is -0.439 e. The number of aromatic nitrogens is 3. The number of carbonyl (C=O) groups excluding carboxylic acids is 1. The molecule has 30 heavy (non-hydrogen) atoms. The van der Waals surface area contributed by atoms with Crippen molar-refractivity contribution < 1.29 is 13.9 Å². The van der Waals surface area contributed by atoms with Gasteiger partial charge in [0.1, 0.15) is 11.6 Å². The zero-order valence-electron chi connectivity index (χ0n) is 16.3. The maximum atomic E-state index is 13.0. The number of benzene rings is 2. The summed E-state index contributed by atoms with van der Waals surface area (Å²) in [5, 5.41) is 2.91. The van der Waals surface area contributed by atoms with E-state index >= 15 is 0 Å². The monoisotopic (exact) mass is 406 g/mol. The number of fused-ring (bicyclic) bond motifs is 1. The number of imidazole rings is 1. The summed E-state index contributed by atoms with van der Waals surface area (Å²) in [6.45, 7) is 1.85.